The number of hydrogen-bond donors (Lipinski definition) is 1. The summed E-state index contributed by atoms with van der Waals surface area (Å²) in [6, 6.07) is 2.27. The Labute approximate surface area is 102 Å². The van der Waals surface area contributed by atoms with E-state index in [1.165, 1.54) is 16.4 Å². The summed E-state index contributed by atoms with van der Waals surface area (Å²) in [5.41, 5.74) is -1.50. The van der Waals surface area contributed by atoms with E-state index < -0.39 is 11.1 Å². The van der Waals surface area contributed by atoms with Crippen LogP contribution in [0, 0.1) is 17.2 Å². The van der Waals surface area contributed by atoms with Crippen molar-refractivity contribution in [1.29, 1.82) is 5.26 Å². The van der Waals surface area contributed by atoms with E-state index in [-0.39, 0.29) is 11.2 Å². The van der Waals surface area contributed by atoms with Crippen molar-refractivity contribution in [3.8, 4) is 6.07 Å². The summed E-state index contributed by atoms with van der Waals surface area (Å²) in [4.78, 5) is 25.9. The van der Waals surface area contributed by atoms with E-state index in [0.29, 0.717) is 5.16 Å². The summed E-state index contributed by atoms with van der Waals surface area (Å²) in [5.74, 6) is 0.00355. The van der Waals surface area contributed by atoms with E-state index in [0.717, 1.165) is 19.3 Å². The molecule has 2 atom stereocenters. The second-order valence-corrected chi connectivity index (χ2v) is 5.23. The fourth-order valence-corrected chi connectivity index (χ4v) is 3.17. The van der Waals surface area contributed by atoms with Crippen molar-refractivity contribution in [2.75, 3.05) is 0 Å². The van der Waals surface area contributed by atoms with Crippen molar-refractivity contribution in [1.82, 2.24) is 14.8 Å². The average Bonchev–Trinajstić information content (AvgIpc) is 2.73. The molecule has 1 heterocycles. The number of H-pyrrole nitrogens is 1. The number of thioether (sulfide) groups is 1. The van der Waals surface area contributed by atoms with Gasteiger partial charge in [-0.05, 0) is 12.8 Å². The van der Waals surface area contributed by atoms with Crippen LogP contribution >= 0.6 is 11.8 Å². The Bertz CT molecular complexity index is 571. The molecule has 0 radical (unpaired) electrons. The number of rotatable bonds is 2. The number of aryl methyl sites for hydroxylation is 1. The lowest BCUT2D eigenvalue weighted by atomic mass is 10.1. The zero-order chi connectivity index (χ0) is 12.4. The van der Waals surface area contributed by atoms with Gasteiger partial charge in [0.2, 0.25) is 0 Å². The van der Waals surface area contributed by atoms with Crippen LogP contribution in [0.1, 0.15) is 19.3 Å². The zero-order valence-electron chi connectivity index (χ0n) is 9.34. The summed E-state index contributed by atoms with van der Waals surface area (Å²) in [6.07, 6.45) is 2.86. The lowest BCUT2D eigenvalue weighted by Gasteiger charge is -2.13. The van der Waals surface area contributed by atoms with Crippen LogP contribution < -0.4 is 11.1 Å². The summed E-state index contributed by atoms with van der Waals surface area (Å²) in [6.45, 7) is 0. The highest BCUT2D eigenvalue weighted by molar-refractivity contribution is 7.99. The molecule has 0 spiro atoms. The third-order valence-electron chi connectivity index (χ3n) is 2.82. The first-order valence-electron chi connectivity index (χ1n) is 5.35. The topological polar surface area (TPSA) is 91.5 Å². The Morgan fingerprint density at radius 3 is 3.00 bits per heavy atom. The van der Waals surface area contributed by atoms with E-state index in [9.17, 15) is 9.59 Å². The quantitative estimate of drug-likeness (QED) is 0.762. The van der Waals surface area contributed by atoms with Gasteiger partial charge in [-0.1, -0.05) is 18.2 Å². The van der Waals surface area contributed by atoms with Gasteiger partial charge in [0, 0.05) is 12.3 Å². The molecular formula is C10H12N4O2S. The maximum atomic E-state index is 11.2. The van der Waals surface area contributed by atoms with Gasteiger partial charge in [0.25, 0.3) is 0 Å². The Balaban J connectivity index is 2.25. The van der Waals surface area contributed by atoms with Gasteiger partial charge < -0.3 is 0 Å². The van der Waals surface area contributed by atoms with Gasteiger partial charge in [-0.25, -0.2) is 0 Å². The number of nitrogens with one attached hydrogen (secondary N) is 1. The summed E-state index contributed by atoms with van der Waals surface area (Å²) >= 11 is 1.39. The molecule has 0 saturated heterocycles. The number of aromatic amines is 1. The van der Waals surface area contributed by atoms with Crippen LogP contribution in [0.15, 0.2) is 14.7 Å². The Kier molecular flexibility index (Phi) is 3.33. The number of nitrogens with zero attached hydrogens (tertiary/aromatic N) is 3. The number of hydrogen-bond acceptors (Lipinski definition) is 5. The molecule has 1 N–H and O–H groups in total. The third kappa shape index (κ3) is 2.42. The second-order valence-electron chi connectivity index (χ2n) is 4.02. The largest absolute Gasteiger partial charge is 0.339 e. The maximum Gasteiger partial charge on any atom is 0.339 e. The van der Waals surface area contributed by atoms with Gasteiger partial charge in [-0.3, -0.25) is 19.4 Å². The molecule has 1 aliphatic rings. The lowest BCUT2D eigenvalue weighted by Crippen LogP contribution is -2.34. The molecule has 1 aromatic heterocycles. The van der Waals surface area contributed by atoms with Crippen molar-refractivity contribution in [3.63, 3.8) is 0 Å². The zero-order valence-corrected chi connectivity index (χ0v) is 10.2. The molecule has 6 nitrogen and oxygen atoms in total. The molecule has 17 heavy (non-hydrogen) atoms. The Morgan fingerprint density at radius 1 is 1.53 bits per heavy atom. The predicted molar refractivity (Wildman–Crippen MR) is 62.7 cm³/mol. The molecule has 2 unspecified atom stereocenters. The van der Waals surface area contributed by atoms with E-state index >= 15 is 0 Å². The van der Waals surface area contributed by atoms with Crippen LogP contribution in [-0.2, 0) is 7.05 Å². The van der Waals surface area contributed by atoms with Gasteiger partial charge in [0.1, 0.15) is 0 Å². The van der Waals surface area contributed by atoms with E-state index in [2.05, 4.69) is 16.2 Å². The number of aromatic nitrogens is 3. The Morgan fingerprint density at radius 2 is 2.29 bits per heavy atom. The second kappa shape index (κ2) is 4.75. The van der Waals surface area contributed by atoms with E-state index in [4.69, 9.17) is 5.26 Å². The highest BCUT2D eigenvalue weighted by atomic mass is 32.2. The number of nitriles is 1. The summed E-state index contributed by atoms with van der Waals surface area (Å²) < 4.78 is 1.43. The Hall–Kier alpha value is -1.55. The fourth-order valence-electron chi connectivity index (χ4n) is 1.92. The molecule has 0 amide bonds. The van der Waals surface area contributed by atoms with Crippen molar-refractivity contribution < 1.29 is 0 Å². The van der Waals surface area contributed by atoms with Gasteiger partial charge in [-0.2, -0.15) is 10.2 Å². The summed E-state index contributed by atoms with van der Waals surface area (Å²) in [7, 11) is 1.63. The van der Waals surface area contributed by atoms with Crippen LogP contribution in [0.5, 0.6) is 0 Å². The molecule has 0 bridgehead atoms. The summed E-state index contributed by atoms with van der Waals surface area (Å²) in [5, 5.41) is 12.0. The van der Waals surface area contributed by atoms with Gasteiger partial charge in [-0.15, -0.1) is 0 Å². The normalized spacial score (nSPS) is 23.5. The highest BCUT2D eigenvalue weighted by Gasteiger charge is 2.29. The molecule has 90 valence electrons. The van der Waals surface area contributed by atoms with Crippen molar-refractivity contribution in [3.05, 3.63) is 20.7 Å². The molecule has 0 aromatic carbocycles. The SMILES string of the molecule is Cn1[nH]c(=O)c(=O)nc1SC1CCCC1C#N. The highest BCUT2D eigenvalue weighted by Crippen LogP contribution is 2.37. The minimum Gasteiger partial charge on any atom is -0.265 e. The molecule has 1 aromatic rings. The fraction of sp³-hybridized carbons (Fsp3) is 0.600. The van der Waals surface area contributed by atoms with Gasteiger partial charge in [0.05, 0.1) is 12.0 Å². The van der Waals surface area contributed by atoms with Crippen molar-refractivity contribution >= 4 is 11.8 Å². The van der Waals surface area contributed by atoms with Gasteiger partial charge >= 0.3 is 11.1 Å². The first-order valence-corrected chi connectivity index (χ1v) is 6.23. The van der Waals surface area contributed by atoms with Crippen LogP contribution in [0.3, 0.4) is 0 Å². The van der Waals surface area contributed by atoms with Crippen LogP contribution in [0.25, 0.3) is 0 Å². The van der Waals surface area contributed by atoms with Crippen molar-refractivity contribution in [2.45, 2.75) is 29.7 Å². The van der Waals surface area contributed by atoms with Crippen LogP contribution in [-0.4, -0.2) is 20.0 Å². The van der Waals surface area contributed by atoms with Crippen molar-refractivity contribution in [2.24, 2.45) is 13.0 Å². The lowest BCUT2D eigenvalue weighted by molar-refractivity contribution is 0.592. The minimum atomic E-state index is -0.780. The molecule has 2 rings (SSSR count). The molecule has 1 fully saturated rings. The molecule has 1 aliphatic carbocycles. The maximum absolute atomic E-state index is 11.2. The average molecular weight is 252 g/mol. The standard InChI is InChI=1S/C10H12N4O2S/c1-14-10(12-8(15)9(16)13-14)17-7-4-2-3-6(7)5-11/h6-7H,2-4H2,1H3,(H,13,16). The third-order valence-corrected chi connectivity index (χ3v) is 4.27. The van der Waals surface area contributed by atoms with E-state index in [1.807, 2.05) is 0 Å². The van der Waals surface area contributed by atoms with Gasteiger partial charge in [0.15, 0.2) is 5.16 Å². The molecular weight excluding hydrogens is 240 g/mol. The molecule has 0 aliphatic heterocycles. The van der Waals surface area contributed by atoms with Crippen LogP contribution in [0.4, 0.5) is 0 Å². The predicted octanol–water partition coefficient (Wildman–Crippen LogP) is 0.253. The monoisotopic (exact) mass is 252 g/mol. The smallest absolute Gasteiger partial charge is 0.265 e. The molecule has 7 heteroatoms. The minimum absolute atomic E-state index is 0.00355. The first-order chi connectivity index (χ1) is 8.11. The first kappa shape index (κ1) is 11.9. The van der Waals surface area contributed by atoms with Crippen LogP contribution in [0.2, 0.25) is 0 Å². The van der Waals surface area contributed by atoms with E-state index in [1.54, 1.807) is 7.05 Å². The molecule has 1 saturated carbocycles.